The molecular formula is C17H17N3O5S. The van der Waals surface area contributed by atoms with Crippen molar-refractivity contribution in [3.8, 4) is 5.75 Å². The van der Waals surface area contributed by atoms with Crippen LogP contribution in [0.2, 0.25) is 0 Å². The lowest BCUT2D eigenvalue weighted by molar-refractivity contribution is -0.120. The highest BCUT2D eigenvalue weighted by atomic mass is 32.1. The maximum Gasteiger partial charge on any atom is 0.256 e. The van der Waals surface area contributed by atoms with Crippen molar-refractivity contribution in [3.63, 3.8) is 0 Å². The first kappa shape index (κ1) is 17.9. The lowest BCUT2D eigenvalue weighted by Gasteiger charge is -2.12. The third-order valence-corrected chi connectivity index (χ3v) is 4.51. The van der Waals surface area contributed by atoms with E-state index in [0.29, 0.717) is 29.1 Å². The SMILES string of the molecule is Cc1oc2ccc(OCc3cncs3)cc2c1C(=O)N[C@@H](CO)C(N)=O. The number of aliphatic hydroxyl groups excluding tert-OH is 1. The third kappa shape index (κ3) is 3.68. The Morgan fingerprint density at radius 1 is 1.46 bits per heavy atom. The second-order valence-electron chi connectivity index (χ2n) is 5.56. The molecule has 1 aromatic carbocycles. The lowest BCUT2D eigenvalue weighted by Crippen LogP contribution is -2.46. The first-order chi connectivity index (χ1) is 12.5. The topological polar surface area (TPSA) is 128 Å². The van der Waals surface area contributed by atoms with E-state index >= 15 is 0 Å². The van der Waals surface area contributed by atoms with Gasteiger partial charge in [0.1, 0.15) is 29.7 Å². The summed E-state index contributed by atoms with van der Waals surface area (Å²) >= 11 is 1.48. The summed E-state index contributed by atoms with van der Waals surface area (Å²) in [5.41, 5.74) is 7.65. The summed E-state index contributed by atoms with van der Waals surface area (Å²) in [6.07, 6.45) is 1.73. The zero-order valence-corrected chi connectivity index (χ0v) is 14.7. The Kier molecular flexibility index (Phi) is 5.19. The van der Waals surface area contributed by atoms with Crippen LogP contribution < -0.4 is 15.8 Å². The molecule has 136 valence electrons. The van der Waals surface area contributed by atoms with Gasteiger partial charge in [0.15, 0.2) is 0 Å². The van der Waals surface area contributed by atoms with Gasteiger partial charge in [0.05, 0.1) is 22.6 Å². The molecule has 0 spiro atoms. The van der Waals surface area contributed by atoms with Gasteiger partial charge in [-0.3, -0.25) is 14.6 Å². The predicted octanol–water partition coefficient (Wildman–Crippen LogP) is 1.35. The number of aromatic nitrogens is 1. The van der Waals surface area contributed by atoms with E-state index in [0.717, 1.165) is 4.88 Å². The van der Waals surface area contributed by atoms with Gasteiger partial charge in [0.25, 0.3) is 5.91 Å². The summed E-state index contributed by atoms with van der Waals surface area (Å²) in [6.45, 7) is 1.42. The van der Waals surface area contributed by atoms with Crippen molar-refractivity contribution in [2.24, 2.45) is 5.73 Å². The standard InChI is InChI=1S/C17H17N3O5S/c1-9-15(17(23)20-13(6-21)16(18)22)12-4-10(2-3-14(12)25-9)24-7-11-5-19-8-26-11/h2-5,8,13,21H,6-7H2,1H3,(H2,18,22)(H,20,23)/t13-/m0/s1. The number of hydrogen-bond donors (Lipinski definition) is 3. The molecule has 3 aromatic rings. The van der Waals surface area contributed by atoms with Crippen molar-refractivity contribution in [3.05, 3.63) is 46.1 Å². The molecule has 2 heterocycles. The number of nitrogens with one attached hydrogen (secondary N) is 1. The lowest BCUT2D eigenvalue weighted by atomic mass is 10.1. The van der Waals surface area contributed by atoms with E-state index in [4.69, 9.17) is 20.0 Å². The zero-order chi connectivity index (χ0) is 18.7. The maximum absolute atomic E-state index is 12.5. The molecule has 0 aliphatic heterocycles. The number of amides is 2. The number of nitrogens with two attached hydrogens (primary N) is 1. The van der Waals surface area contributed by atoms with Crippen molar-refractivity contribution in [2.45, 2.75) is 19.6 Å². The monoisotopic (exact) mass is 375 g/mol. The van der Waals surface area contributed by atoms with E-state index < -0.39 is 24.5 Å². The molecule has 0 aliphatic carbocycles. The van der Waals surface area contributed by atoms with Crippen molar-refractivity contribution < 1.29 is 23.8 Å². The average Bonchev–Trinajstić information content (AvgIpc) is 3.23. The largest absolute Gasteiger partial charge is 0.488 e. The number of hydrogen-bond acceptors (Lipinski definition) is 7. The van der Waals surface area contributed by atoms with Gasteiger partial charge in [0.2, 0.25) is 5.91 Å². The van der Waals surface area contributed by atoms with Crippen LogP contribution in [0.3, 0.4) is 0 Å². The molecule has 1 atom stereocenters. The van der Waals surface area contributed by atoms with Crippen molar-refractivity contribution in [2.75, 3.05) is 6.61 Å². The number of thiazole rings is 1. The molecule has 8 nitrogen and oxygen atoms in total. The van der Waals surface area contributed by atoms with Gasteiger partial charge in [-0.2, -0.15) is 0 Å². The molecule has 3 rings (SSSR count). The van der Waals surface area contributed by atoms with E-state index in [2.05, 4.69) is 10.3 Å². The molecule has 26 heavy (non-hydrogen) atoms. The first-order valence-corrected chi connectivity index (χ1v) is 8.62. The van der Waals surface area contributed by atoms with Crippen molar-refractivity contribution in [1.82, 2.24) is 10.3 Å². The number of furan rings is 1. The smallest absolute Gasteiger partial charge is 0.256 e. The molecule has 0 fully saturated rings. The zero-order valence-electron chi connectivity index (χ0n) is 13.9. The molecule has 0 unspecified atom stereocenters. The van der Waals surface area contributed by atoms with Crippen LogP contribution in [-0.4, -0.2) is 34.6 Å². The van der Waals surface area contributed by atoms with Gasteiger partial charge in [-0.05, 0) is 25.1 Å². The number of fused-ring (bicyclic) bond motifs is 1. The Bertz CT molecular complexity index is 935. The van der Waals surface area contributed by atoms with E-state index in [-0.39, 0.29) is 5.56 Å². The minimum atomic E-state index is -1.17. The number of aliphatic hydroxyl groups is 1. The summed E-state index contributed by atoms with van der Waals surface area (Å²) in [7, 11) is 0. The Morgan fingerprint density at radius 2 is 2.27 bits per heavy atom. The van der Waals surface area contributed by atoms with Crippen molar-refractivity contribution in [1.29, 1.82) is 0 Å². The summed E-state index contributed by atoms with van der Waals surface area (Å²) in [6, 6.07) is 3.98. The molecular weight excluding hydrogens is 358 g/mol. The van der Waals surface area contributed by atoms with Gasteiger partial charge in [-0.1, -0.05) is 0 Å². The maximum atomic E-state index is 12.5. The van der Waals surface area contributed by atoms with Gasteiger partial charge < -0.3 is 25.3 Å². The van der Waals surface area contributed by atoms with Gasteiger partial charge in [0, 0.05) is 11.6 Å². The van der Waals surface area contributed by atoms with E-state index in [1.54, 1.807) is 36.8 Å². The molecule has 0 aliphatic rings. The fourth-order valence-electron chi connectivity index (χ4n) is 2.48. The molecule has 4 N–H and O–H groups in total. The van der Waals surface area contributed by atoms with Gasteiger partial charge >= 0.3 is 0 Å². The van der Waals surface area contributed by atoms with Crippen molar-refractivity contribution >= 4 is 34.1 Å². The van der Waals surface area contributed by atoms with Crippen LogP contribution in [0.25, 0.3) is 11.0 Å². The second-order valence-corrected chi connectivity index (χ2v) is 6.53. The van der Waals surface area contributed by atoms with Crippen LogP contribution in [0, 0.1) is 6.92 Å². The second kappa shape index (κ2) is 7.54. The highest BCUT2D eigenvalue weighted by Gasteiger charge is 2.23. The van der Waals surface area contributed by atoms with Crippen LogP contribution >= 0.6 is 11.3 Å². The summed E-state index contributed by atoms with van der Waals surface area (Å²) in [5, 5.41) is 12.1. The van der Waals surface area contributed by atoms with Gasteiger partial charge in [-0.15, -0.1) is 11.3 Å². The summed E-state index contributed by atoms with van der Waals surface area (Å²) in [5.74, 6) is -0.425. The van der Waals surface area contributed by atoms with E-state index in [1.807, 2.05) is 0 Å². The van der Waals surface area contributed by atoms with Crippen LogP contribution in [0.1, 0.15) is 21.0 Å². The minimum Gasteiger partial charge on any atom is -0.488 e. The Labute approximate surface area is 152 Å². The number of ether oxygens (including phenoxy) is 1. The van der Waals surface area contributed by atoms with E-state index in [9.17, 15) is 9.59 Å². The van der Waals surface area contributed by atoms with Crippen LogP contribution in [0.15, 0.2) is 34.3 Å². The highest BCUT2D eigenvalue weighted by Crippen LogP contribution is 2.29. The molecule has 0 radical (unpaired) electrons. The predicted molar refractivity (Wildman–Crippen MR) is 94.9 cm³/mol. The molecule has 0 saturated heterocycles. The Balaban J connectivity index is 1.87. The van der Waals surface area contributed by atoms with E-state index in [1.165, 1.54) is 11.3 Å². The van der Waals surface area contributed by atoms with Crippen LogP contribution in [0.5, 0.6) is 5.75 Å². The fraction of sp³-hybridized carbons (Fsp3) is 0.235. The highest BCUT2D eigenvalue weighted by molar-refractivity contribution is 7.09. The molecule has 2 aromatic heterocycles. The number of carbonyl (C=O) groups excluding carboxylic acids is 2. The number of nitrogens with zero attached hydrogens (tertiary/aromatic N) is 1. The minimum absolute atomic E-state index is 0.267. The first-order valence-electron chi connectivity index (χ1n) is 7.74. The van der Waals surface area contributed by atoms with Crippen LogP contribution in [-0.2, 0) is 11.4 Å². The van der Waals surface area contributed by atoms with Gasteiger partial charge in [-0.25, -0.2) is 0 Å². The number of aryl methyl sites for hydroxylation is 1. The number of benzene rings is 1. The molecule has 9 heteroatoms. The summed E-state index contributed by atoms with van der Waals surface area (Å²) in [4.78, 5) is 28.7. The molecule has 2 amide bonds. The molecule has 0 bridgehead atoms. The quantitative estimate of drug-likeness (QED) is 0.572. The summed E-state index contributed by atoms with van der Waals surface area (Å²) < 4.78 is 11.3. The van der Waals surface area contributed by atoms with Crippen LogP contribution in [0.4, 0.5) is 0 Å². The normalized spacial score (nSPS) is 12.1. The fourth-order valence-corrected chi connectivity index (χ4v) is 2.98. The average molecular weight is 375 g/mol. The number of primary amides is 1. The number of carbonyl (C=O) groups is 2. The Hall–Kier alpha value is -2.91. The Morgan fingerprint density at radius 3 is 2.92 bits per heavy atom. The molecule has 0 saturated carbocycles. The number of rotatable bonds is 7. The third-order valence-electron chi connectivity index (χ3n) is 3.76.